The maximum absolute atomic E-state index is 11.6. The number of nitrogens with zero attached hydrogens (tertiary/aromatic N) is 2. The molecule has 4 nitrogen and oxygen atoms in total. The monoisotopic (exact) mass is 288 g/mol. The van der Waals surface area contributed by atoms with Crippen molar-refractivity contribution in [2.24, 2.45) is 0 Å². The average Bonchev–Trinajstić information content (AvgIpc) is 2.60. The van der Waals surface area contributed by atoms with E-state index in [1.165, 1.54) is 0 Å². The molecule has 6 heteroatoms. The lowest BCUT2D eigenvalue weighted by molar-refractivity contribution is 0.597. The zero-order valence-corrected chi connectivity index (χ0v) is 10.4. The van der Waals surface area contributed by atoms with Crippen LogP contribution in [0.15, 0.2) is 33.9 Å². The molecule has 0 spiro atoms. The summed E-state index contributed by atoms with van der Waals surface area (Å²) in [5.41, 5.74) is 0.754. The molecule has 0 fully saturated rings. The van der Waals surface area contributed by atoms with Crippen molar-refractivity contribution in [3.8, 4) is 0 Å². The van der Waals surface area contributed by atoms with E-state index in [9.17, 15) is 8.42 Å². The minimum absolute atomic E-state index is 0.106. The molecule has 0 aliphatic carbocycles. The fourth-order valence-corrected chi connectivity index (χ4v) is 2.57. The van der Waals surface area contributed by atoms with Gasteiger partial charge in [-0.3, -0.25) is 0 Å². The molecular weight excluding hydrogens is 280 g/mol. The zero-order valence-electron chi connectivity index (χ0n) is 8.01. The molecule has 80 valence electrons. The van der Waals surface area contributed by atoms with Crippen LogP contribution in [0.2, 0.25) is 0 Å². The Morgan fingerprint density at radius 1 is 1.53 bits per heavy atom. The van der Waals surface area contributed by atoms with E-state index >= 15 is 0 Å². The summed E-state index contributed by atoms with van der Waals surface area (Å²) in [6.45, 7) is 1.63. The van der Waals surface area contributed by atoms with Gasteiger partial charge in [0.25, 0.3) is 0 Å². The van der Waals surface area contributed by atoms with E-state index in [-0.39, 0.29) is 5.75 Å². The van der Waals surface area contributed by atoms with Crippen molar-refractivity contribution in [3.05, 3.63) is 29.0 Å². The SMILES string of the molecule is CCS(=O)(=O)c1ccn2ncc(Br)c2c1. The Bertz CT molecular complexity index is 604. The second kappa shape index (κ2) is 3.61. The third-order valence-corrected chi connectivity index (χ3v) is 4.53. The minimum Gasteiger partial charge on any atom is -0.240 e. The molecule has 0 N–H and O–H groups in total. The number of fused-ring (bicyclic) bond motifs is 1. The van der Waals surface area contributed by atoms with Gasteiger partial charge in [-0.1, -0.05) is 6.92 Å². The van der Waals surface area contributed by atoms with Gasteiger partial charge in [-0.2, -0.15) is 5.10 Å². The number of sulfone groups is 1. The highest BCUT2D eigenvalue weighted by atomic mass is 79.9. The molecule has 0 aliphatic rings. The van der Waals surface area contributed by atoms with Crippen LogP contribution in [0, 0.1) is 0 Å². The number of hydrogen-bond acceptors (Lipinski definition) is 3. The Kier molecular flexibility index (Phi) is 2.56. The van der Waals surface area contributed by atoms with Gasteiger partial charge in [-0.15, -0.1) is 0 Å². The Labute approximate surface area is 96.0 Å². The number of rotatable bonds is 2. The minimum atomic E-state index is -3.15. The molecule has 0 bridgehead atoms. The normalized spacial score (nSPS) is 12.1. The lowest BCUT2D eigenvalue weighted by Gasteiger charge is -2.01. The van der Waals surface area contributed by atoms with Crippen LogP contribution >= 0.6 is 15.9 Å². The maximum atomic E-state index is 11.6. The number of aromatic nitrogens is 2. The molecule has 2 aromatic rings. The Morgan fingerprint density at radius 3 is 2.93 bits per heavy atom. The highest BCUT2D eigenvalue weighted by Gasteiger charge is 2.13. The number of halogens is 1. The first kappa shape index (κ1) is 10.6. The first-order valence-corrected chi connectivity index (χ1v) is 6.85. The van der Waals surface area contributed by atoms with Gasteiger partial charge < -0.3 is 0 Å². The van der Waals surface area contributed by atoms with Gasteiger partial charge in [0.1, 0.15) is 0 Å². The summed E-state index contributed by atoms with van der Waals surface area (Å²) >= 11 is 3.31. The molecule has 2 aromatic heterocycles. The van der Waals surface area contributed by atoms with Gasteiger partial charge >= 0.3 is 0 Å². The number of pyridine rings is 1. The van der Waals surface area contributed by atoms with E-state index in [0.29, 0.717) is 4.90 Å². The molecule has 0 unspecified atom stereocenters. The topological polar surface area (TPSA) is 51.4 Å². The quantitative estimate of drug-likeness (QED) is 0.848. The Hall–Kier alpha value is -0.880. The molecule has 0 aromatic carbocycles. The van der Waals surface area contributed by atoms with E-state index in [1.54, 1.807) is 36.0 Å². The molecule has 0 saturated carbocycles. The van der Waals surface area contributed by atoms with Crippen molar-refractivity contribution < 1.29 is 8.42 Å². The highest BCUT2D eigenvalue weighted by Crippen LogP contribution is 2.20. The van der Waals surface area contributed by atoms with Crippen LogP contribution in [0.1, 0.15) is 6.92 Å². The first-order valence-electron chi connectivity index (χ1n) is 4.40. The van der Waals surface area contributed by atoms with E-state index in [2.05, 4.69) is 21.0 Å². The van der Waals surface area contributed by atoms with Crippen LogP contribution in [0.25, 0.3) is 5.52 Å². The predicted molar refractivity (Wildman–Crippen MR) is 60.6 cm³/mol. The van der Waals surface area contributed by atoms with Gasteiger partial charge in [0.15, 0.2) is 9.84 Å². The summed E-state index contributed by atoms with van der Waals surface area (Å²) in [6, 6.07) is 3.18. The lowest BCUT2D eigenvalue weighted by Crippen LogP contribution is -2.04. The van der Waals surface area contributed by atoms with Crippen LogP contribution in [0.5, 0.6) is 0 Å². The fourth-order valence-electron chi connectivity index (χ4n) is 1.29. The number of hydrogen-bond donors (Lipinski definition) is 0. The fraction of sp³-hybridized carbons (Fsp3) is 0.222. The molecule has 0 amide bonds. The van der Waals surface area contributed by atoms with Gasteiger partial charge in [0, 0.05) is 6.20 Å². The summed E-state index contributed by atoms with van der Waals surface area (Å²) in [7, 11) is -3.15. The molecule has 0 atom stereocenters. The second-order valence-corrected chi connectivity index (χ2v) is 6.22. The molecule has 0 saturated heterocycles. The maximum Gasteiger partial charge on any atom is 0.178 e. The van der Waals surface area contributed by atoms with Crippen LogP contribution < -0.4 is 0 Å². The van der Waals surface area contributed by atoms with Crippen molar-refractivity contribution in [1.29, 1.82) is 0 Å². The summed E-state index contributed by atoms with van der Waals surface area (Å²) in [6.07, 6.45) is 3.28. The predicted octanol–water partition coefficient (Wildman–Crippen LogP) is 1.89. The van der Waals surface area contributed by atoms with Crippen LogP contribution in [-0.2, 0) is 9.84 Å². The summed E-state index contributed by atoms with van der Waals surface area (Å²) in [5.74, 6) is 0.106. The molecule has 2 heterocycles. The average molecular weight is 289 g/mol. The van der Waals surface area contributed by atoms with Gasteiger partial charge in [0.05, 0.1) is 26.8 Å². The van der Waals surface area contributed by atoms with Crippen molar-refractivity contribution in [2.45, 2.75) is 11.8 Å². The van der Waals surface area contributed by atoms with Crippen molar-refractivity contribution in [3.63, 3.8) is 0 Å². The third-order valence-electron chi connectivity index (χ3n) is 2.19. The van der Waals surface area contributed by atoms with Gasteiger partial charge in [-0.25, -0.2) is 12.9 Å². The van der Waals surface area contributed by atoms with Crippen molar-refractivity contribution >= 4 is 31.3 Å². The molecule has 0 aliphatic heterocycles. The Balaban J connectivity index is 2.70. The van der Waals surface area contributed by atoms with E-state index in [4.69, 9.17) is 0 Å². The van der Waals surface area contributed by atoms with E-state index in [0.717, 1.165) is 9.99 Å². The first-order chi connectivity index (χ1) is 7.04. The highest BCUT2D eigenvalue weighted by molar-refractivity contribution is 9.10. The van der Waals surface area contributed by atoms with E-state index < -0.39 is 9.84 Å². The molecule has 2 rings (SSSR count). The van der Waals surface area contributed by atoms with Crippen LogP contribution in [0.3, 0.4) is 0 Å². The Morgan fingerprint density at radius 2 is 2.27 bits per heavy atom. The van der Waals surface area contributed by atoms with Crippen LogP contribution in [0.4, 0.5) is 0 Å². The van der Waals surface area contributed by atoms with E-state index in [1.807, 2.05) is 0 Å². The lowest BCUT2D eigenvalue weighted by atomic mass is 10.4. The zero-order chi connectivity index (χ0) is 11.1. The summed E-state index contributed by atoms with van der Waals surface area (Å²) in [5, 5.41) is 4.04. The molecule has 0 radical (unpaired) electrons. The summed E-state index contributed by atoms with van der Waals surface area (Å²) in [4.78, 5) is 0.332. The standard InChI is InChI=1S/C9H9BrN2O2S/c1-2-15(13,14)7-3-4-12-9(5-7)8(10)6-11-12/h3-6H,2H2,1H3. The second-order valence-electron chi connectivity index (χ2n) is 3.09. The third kappa shape index (κ3) is 1.79. The van der Waals surface area contributed by atoms with Crippen LogP contribution in [-0.4, -0.2) is 23.8 Å². The van der Waals surface area contributed by atoms with Gasteiger partial charge in [-0.05, 0) is 28.1 Å². The smallest absolute Gasteiger partial charge is 0.178 e. The molecular formula is C9H9BrN2O2S. The summed E-state index contributed by atoms with van der Waals surface area (Å²) < 4.78 is 25.7. The van der Waals surface area contributed by atoms with Gasteiger partial charge in [0.2, 0.25) is 0 Å². The molecule has 15 heavy (non-hydrogen) atoms. The van der Waals surface area contributed by atoms with Crippen molar-refractivity contribution in [2.75, 3.05) is 5.75 Å². The van der Waals surface area contributed by atoms with Crippen molar-refractivity contribution in [1.82, 2.24) is 9.61 Å². The largest absolute Gasteiger partial charge is 0.240 e.